The quantitative estimate of drug-likeness (QED) is 0.881. The lowest BCUT2D eigenvalue weighted by atomic mass is 10.2. The molecule has 1 aliphatic heterocycles. The minimum absolute atomic E-state index is 0.0146. The van der Waals surface area contributed by atoms with Crippen LogP contribution in [0.15, 0.2) is 18.2 Å². The molecule has 0 atom stereocenters. The fourth-order valence-corrected chi connectivity index (χ4v) is 1.89. The van der Waals surface area contributed by atoms with E-state index in [1.54, 1.807) is 6.07 Å². The Labute approximate surface area is 103 Å². The van der Waals surface area contributed by atoms with Crippen molar-refractivity contribution in [1.82, 2.24) is 0 Å². The van der Waals surface area contributed by atoms with Crippen molar-refractivity contribution in [3.05, 3.63) is 28.8 Å². The molecule has 6 heteroatoms. The molecule has 90 valence electrons. The molecule has 0 bridgehead atoms. The maximum atomic E-state index is 11.5. The van der Waals surface area contributed by atoms with Gasteiger partial charge in [0.05, 0.1) is 17.2 Å². The van der Waals surface area contributed by atoms with Gasteiger partial charge in [0.2, 0.25) is 0 Å². The van der Waals surface area contributed by atoms with Crippen molar-refractivity contribution >= 4 is 29.4 Å². The Morgan fingerprint density at radius 2 is 2.24 bits per heavy atom. The number of amides is 1. The van der Waals surface area contributed by atoms with Crippen LogP contribution in [0.3, 0.4) is 0 Å². The molecule has 0 aliphatic carbocycles. The lowest BCUT2D eigenvalue weighted by Crippen LogP contribution is -2.37. The molecule has 1 aromatic rings. The van der Waals surface area contributed by atoms with Crippen LogP contribution in [0.25, 0.3) is 0 Å². The summed E-state index contributed by atoms with van der Waals surface area (Å²) in [5.41, 5.74) is 0.561. The minimum atomic E-state index is -1.09. The fourth-order valence-electron chi connectivity index (χ4n) is 1.63. The average Bonchev–Trinajstić information content (AvgIpc) is 2.29. The highest BCUT2D eigenvalue weighted by Crippen LogP contribution is 2.25. The van der Waals surface area contributed by atoms with E-state index in [-0.39, 0.29) is 10.6 Å². The van der Waals surface area contributed by atoms with E-state index in [1.807, 2.05) is 0 Å². The molecule has 2 rings (SSSR count). The van der Waals surface area contributed by atoms with Gasteiger partial charge < -0.3 is 9.84 Å². The van der Waals surface area contributed by atoms with E-state index in [4.69, 9.17) is 21.4 Å². The smallest absolute Gasteiger partial charge is 0.414 e. The first kappa shape index (κ1) is 11.7. The molecule has 1 amide bonds. The number of carbonyl (C=O) groups excluding carboxylic acids is 1. The topological polar surface area (TPSA) is 66.8 Å². The normalized spacial score (nSPS) is 15.6. The van der Waals surface area contributed by atoms with Crippen molar-refractivity contribution in [3.8, 4) is 0 Å². The first-order valence-corrected chi connectivity index (χ1v) is 5.44. The van der Waals surface area contributed by atoms with Crippen molar-refractivity contribution in [1.29, 1.82) is 0 Å². The SMILES string of the molecule is O=C(O)c1ccc(N2CCCOC2=O)cc1Cl. The van der Waals surface area contributed by atoms with Crippen LogP contribution in [0.4, 0.5) is 10.5 Å². The number of rotatable bonds is 2. The van der Waals surface area contributed by atoms with Gasteiger partial charge >= 0.3 is 12.1 Å². The molecule has 1 fully saturated rings. The number of hydrogen-bond donors (Lipinski definition) is 1. The molecule has 0 saturated carbocycles. The highest BCUT2D eigenvalue weighted by molar-refractivity contribution is 6.33. The Balaban J connectivity index is 2.30. The maximum Gasteiger partial charge on any atom is 0.414 e. The van der Waals surface area contributed by atoms with E-state index >= 15 is 0 Å². The molecule has 0 radical (unpaired) electrons. The van der Waals surface area contributed by atoms with Crippen LogP contribution in [-0.4, -0.2) is 30.3 Å². The number of carboxylic acid groups (broad SMARTS) is 1. The molecular formula is C11H10ClNO4. The van der Waals surface area contributed by atoms with Crippen LogP contribution in [-0.2, 0) is 4.74 Å². The van der Waals surface area contributed by atoms with Crippen LogP contribution in [0.2, 0.25) is 5.02 Å². The molecule has 1 heterocycles. The second-order valence-corrected chi connectivity index (χ2v) is 4.00. The van der Waals surface area contributed by atoms with E-state index < -0.39 is 12.1 Å². The van der Waals surface area contributed by atoms with E-state index in [0.717, 1.165) is 6.42 Å². The summed E-state index contributed by atoms with van der Waals surface area (Å²) in [7, 11) is 0. The van der Waals surface area contributed by atoms with Crippen LogP contribution >= 0.6 is 11.6 Å². The van der Waals surface area contributed by atoms with Crippen LogP contribution in [0, 0.1) is 0 Å². The van der Waals surface area contributed by atoms with Gasteiger partial charge in [-0.1, -0.05) is 11.6 Å². The van der Waals surface area contributed by atoms with Crippen molar-refractivity contribution in [3.63, 3.8) is 0 Å². The Morgan fingerprint density at radius 3 is 2.82 bits per heavy atom. The molecule has 0 spiro atoms. The lowest BCUT2D eigenvalue weighted by Gasteiger charge is -2.26. The number of halogens is 1. The number of nitrogens with zero attached hydrogens (tertiary/aromatic N) is 1. The molecule has 1 aliphatic rings. The highest BCUT2D eigenvalue weighted by atomic mass is 35.5. The van der Waals surface area contributed by atoms with Crippen LogP contribution in [0.1, 0.15) is 16.8 Å². The standard InChI is InChI=1S/C11H10ClNO4/c12-9-6-7(2-3-8(9)10(14)15)13-4-1-5-17-11(13)16/h2-3,6H,1,4-5H2,(H,14,15). The fraction of sp³-hybridized carbons (Fsp3) is 0.273. The molecule has 1 N–H and O–H groups in total. The zero-order valence-corrected chi connectivity index (χ0v) is 9.61. The van der Waals surface area contributed by atoms with Gasteiger partial charge in [-0.3, -0.25) is 4.90 Å². The van der Waals surface area contributed by atoms with E-state index in [9.17, 15) is 9.59 Å². The second kappa shape index (κ2) is 4.63. The third-order valence-corrected chi connectivity index (χ3v) is 2.78. The number of cyclic esters (lactones) is 1. The number of aromatic carboxylic acids is 1. The summed E-state index contributed by atoms with van der Waals surface area (Å²) < 4.78 is 4.89. The molecule has 0 aromatic heterocycles. The summed E-state index contributed by atoms with van der Waals surface area (Å²) in [5.74, 6) is -1.09. The maximum absolute atomic E-state index is 11.5. The van der Waals surface area contributed by atoms with Crippen molar-refractivity contribution in [2.75, 3.05) is 18.1 Å². The molecule has 17 heavy (non-hydrogen) atoms. The summed E-state index contributed by atoms with van der Waals surface area (Å²) in [5, 5.41) is 8.93. The minimum Gasteiger partial charge on any atom is -0.478 e. The zero-order valence-electron chi connectivity index (χ0n) is 8.85. The Kier molecular flexibility index (Phi) is 3.19. The van der Waals surface area contributed by atoms with Gasteiger partial charge in [-0.15, -0.1) is 0 Å². The summed E-state index contributed by atoms with van der Waals surface area (Å²) in [6, 6.07) is 4.38. The number of carboxylic acids is 1. The van der Waals surface area contributed by atoms with Gasteiger partial charge in [-0.2, -0.15) is 0 Å². The Hall–Kier alpha value is -1.75. The zero-order chi connectivity index (χ0) is 12.4. The molecule has 5 nitrogen and oxygen atoms in total. The van der Waals surface area contributed by atoms with Crippen molar-refractivity contribution in [2.24, 2.45) is 0 Å². The first-order chi connectivity index (χ1) is 8.09. The van der Waals surface area contributed by atoms with E-state index in [1.165, 1.54) is 17.0 Å². The average molecular weight is 256 g/mol. The Morgan fingerprint density at radius 1 is 1.47 bits per heavy atom. The third kappa shape index (κ3) is 2.34. The number of anilines is 1. The van der Waals surface area contributed by atoms with Gasteiger partial charge in [0.15, 0.2) is 0 Å². The molecule has 1 saturated heterocycles. The van der Waals surface area contributed by atoms with Gasteiger partial charge in [-0.05, 0) is 24.6 Å². The largest absolute Gasteiger partial charge is 0.478 e. The summed E-state index contributed by atoms with van der Waals surface area (Å²) >= 11 is 5.83. The summed E-state index contributed by atoms with van der Waals surface area (Å²) in [6.07, 6.45) is 0.305. The summed E-state index contributed by atoms with van der Waals surface area (Å²) in [6.45, 7) is 0.956. The van der Waals surface area contributed by atoms with Crippen molar-refractivity contribution in [2.45, 2.75) is 6.42 Å². The number of ether oxygens (including phenoxy) is 1. The second-order valence-electron chi connectivity index (χ2n) is 3.59. The van der Waals surface area contributed by atoms with E-state index in [2.05, 4.69) is 0 Å². The first-order valence-electron chi connectivity index (χ1n) is 5.07. The third-order valence-electron chi connectivity index (χ3n) is 2.47. The monoisotopic (exact) mass is 255 g/mol. The van der Waals surface area contributed by atoms with E-state index in [0.29, 0.717) is 18.8 Å². The van der Waals surface area contributed by atoms with Gasteiger partial charge in [0.25, 0.3) is 0 Å². The summed E-state index contributed by atoms with van der Waals surface area (Å²) in [4.78, 5) is 23.7. The molecule has 0 unspecified atom stereocenters. The van der Waals surface area contributed by atoms with Gasteiger partial charge in [0.1, 0.15) is 0 Å². The van der Waals surface area contributed by atoms with Gasteiger partial charge in [0, 0.05) is 12.2 Å². The Bertz CT molecular complexity index is 475. The predicted molar refractivity (Wildman–Crippen MR) is 61.7 cm³/mol. The molecular weight excluding hydrogens is 246 g/mol. The van der Waals surface area contributed by atoms with Crippen LogP contribution in [0.5, 0.6) is 0 Å². The van der Waals surface area contributed by atoms with Crippen molar-refractivity contribution < 1.29 is 19.4 Å². The van der Waals surface area contributed by atoms with Gasteiger partial charge in [-0.25, -0.2) is 9.59 Å². The van der Waals surface area contributed by atoms with Crippen LogP contribution < -0.4 is 4.90 Å². The highest BCUT2D eigenvalue weighted by Gasteiger charge is 2.22. The number of benzene rings is 1. The lowest BCUT2D eigenvalue weighted by molar-refractivity contribution is 0.0697. The number of hydrogen-bond acceptors (Lipinski definition) is 3. The number of carbonyl (C=O) groups is 2. The molecule has 1 aromatic carbocycles. The predicted octanol–water partition coefficient (Wildman–Crippen LogP) is 2.38.